The fourth-order valence-corrected chi connectivity index (χ4v) is 8.54. The van der Waals surface area contributed by atoms with Crippen molar-refractivity contribution in [2.24, 2.45) is 34.3 Å². The number of nitrogens with two attached hydrogens (primary N) is 1. The smallest absolute Gasteiger partial charge is 0.335 e. The van der Waals surface area contributed by atoms with Crippen molar-refractivity contribution in [3.8, 4) is 0 Å². The van der Waals surface area contributed by atoms with Gasteiger partial charge < -0.3 is 60.9 Å². The molecule has 0 spiro atoms. The summed E-state index contributed by atoms with van der Waals surface area (Å²) in [7, 11) is 0. The van der Waals surface area contributed by atoms with E-state index in [2.05, 4.69) is 19.9 Å². The molecule has 4 fully saturated rings. The molecule has 0 aromatic heterocycles. The molecule has 0 bridgehead atoms. The number of hydrogen-bond acceptors (Lipinski definition) is 13. The second-order valence-corrected chi connectivity index (χ2v) is 13.9. The molecule has 14 heteroatoms. The molecule has 0 unspecified atom stereocenters. The van der Waals surface area contributed by atoms with Gasteiger partial charge in [0.1, 0.15) is 48.7 Å². The molecule has 256 valence electrons. The van der Waals surface area contributed by atoms with Crippen LogP contribution in [0.1, 0.15) is 65.2 Å². The summed E-state index contributed by atoms with van der Waals surface area (Å²) in [5.41, 5.74) is 7.23. The average molecular weight is 644 g/mol. The van der Waals surface area contributed by atoms with E-state index < -0.39 is 67.6 Å². The third-order valence-corrected chi connectivity index (χ3v) is 11.3. The minimum absolute atomic E-state index is 0.0168. The highest BCUT2D eigenvalue weighted by Gasteiger charge is 2.58. The van der Waals surface area contributed by atoms with E-state index in [1.54, 1.807) is 0 Å². The van der Waals surface area contributed by atoms with Crippen molar-refractivity contribution < 1.29 is 64.7 Å². The summed E-state index contributed by atoms with van der Waals surface area (Å²) in [6.45, 7) is 3.79. The Balaban J connectivity index is 0.000000206. The molecule has 14 nitrogen and oxygen atoms in total. The summed E-state index contributed by atoms with van der Waals surface area (Å²) in [5, 5.41) is 76.1. The molecule has 0 radical (unpaired) electrons. The van der Waals surface area contributed by atoms with Crippen LogP contribution in [0.5, 0.6) is 0 Å². The first-order valence-corrected chi connectivity index (χ1v) is 15.8. The highest BCUT2D eigenvalue weighted by molar-refractivity contribution is 5.87. The molecular formula is C31H49NO13. The van der Waals surface area contributed by atoms with E-state index >= 15 is 0 Å². The molecule has 0 aromatic rings. The predicted octanol–water partition coefficient (Wildman–Crippen LogP) is -1.62. The van der Waals surface area contributed by atoms with Crippen LogP contribution in [0, 0.1) is 28.6 Å². The Morgan fingerprint density at radius 2 is 1.71 bits per heavy atom. The maximum absolute atomic E-state index is 12.4. The standard InChI is InChI=1S/C19H28O2.C12H21NO11/c1-18-9-7-13(20)11-12(18)3-4-14-15-5-6-17(21)19(15,2)10-8-16(14)18;13-3(1-14)9(5(17)4(16)2-15)23-12-8(20)6(18)7(19)10(24-12)11(21)22/h3,13-16,20H,4-11H2,1-2H3;1,3-10,12,15-20H,2,13H2,(H,21,22)/t13-,14-,15-,16-,18-,19-;3-,4+,5-,6-,7-,8+,9+,10-,12+/m00/s1. The minimum Gasteiger partial charge on any atom is -0.479 e. The Bertz CT molecular complexity index is 1120. The Labute approximate surface area is 261 Å². The zero-order valence-corrected chi connectivity index (χ0v) is 25.7. The van der Waals surface area contributed by atoms with Crippen LogP contribution in [0.3, 0.4) is 0 Å². The van der Waals surface area contributed by atoms with Gasteiger partial charge in [-0.2, -0.15) is 0 Å². The number of aliphatic hydroxyl groups excluding tert-OH is 7. The third-order valence-electron chi connectivity index (χ3n) is 11.3. The van der Waals surface area contributed by atoms with Crippen LogP contribution in [0.25, 0.3) is 0 Å². The highest BCUT2D eigenvalue weighted by Crippen LogP contribution is 2.63. The fourth-order valence-electron chi connectivity index (χ4n) is 8.54. The van der Waals surface area contributed by atoms with Crippen molar-refractivity contribution in [3.05, 3.63) is 11.6 Å². The number of carboxylic acid groups (broad SMARTS) is 1. The van der Waals surface area contributed by atoms with E-state index in [1.807, 2.05) is 0 Å². The second-order valence-electron chi connectivity index (χ2n) is 13.9. The molecule has 1 heterocycles. The first-order valence-electron chi connectivity index (χ1n) is 15.8. The molecule has 5 aliphatic rings. The van der Waals surface area contributed by atoms with Crippen LogP contribution in [0.4, 0.5) is 0 Å². The molecular weight excluding hydrogens is 594 g/mol. The molecule has 4 aliphatic carbocycles. The van der Waals surface area contributed by atoms with Crippen molar-refractivity contribution in [2.45, 2.75) is 126 Å². The number of aliphatic carboxylic acids is 1. The molecule has 10 N–H and O–H groups in total. The SMILES string of the molecule is C[C@]12CC[C@H](O)CC1=CC[C@@H]1[C@@H]2CC[C@]2(C)C(=O)CC[C@@H]12.N[C@@H](C=O)[C@@H](O[C@@H]1O[C@H](C(=O)O)[C@@H](O)[C@H](O)[C@H]1O)[C@@H](O)[C@H](O)CO. The summed E-state index contributed by atoms with van der Waals surface area (Å²) in [5.74, 6) is 0.942. The lowest BCUT2D eigenvalue weighted by Crippen LogP contribution is -2.63. The number of aliphatic hydroxyl groups is 7. The van der Waals surface area contributed by atoms with Crippen molar-refractivity contribution >= 4 is 18.0 Å². The Morgan fingerprint density at radius 3 is 2.33 bits per heavy atom. The van der Waals surface area contributed by atoms with Gasteiger partial charge in [0.2, 0.25) is 0 Å². The lowest BCUT2D eigenvalue weighted by atomic mass is 9.48. The lowest BCUT2D eigenvalue weighted by Gasteiger charge is -2.56. The number of fused-ring (bicyclic) bond motifs is 5. The van der Waals surface area contributed by atoms with Crippen molar-refractivity contribution in [1.82, 2.24) is 0 Å². The van der Waals surface area contributed by atoms with Gasteiger partial charge in [-0.05, 0) is 68.1 Å². The number of Topliss-reactive ketones (excluding diaryl/α,β-unsaturated/α-hetero) is 1. The van der Waals surface area contributed by atoms with Gasteiger partial charge in [-0.3, -0.25) is 4.79 Å². The molecule has 1 saturated heterocycles. The molecule has 15 atom stereocenters. The van der Waals surface area contributed by atoms with Gasteiger partial charge >= 0.3 is 5.97 Å². The normalized spacial score (nSPS) is 43.6. The van der Waals surface area contributed by atoms with E-state index in [4.69, 9.17) is 25.4 Å². The molecule has 45 heavy (non-hydrogen) atoms. The maximum Gasteiger partial charge on any atom is 0.335 e. The van der Waals surface area contributed by atoms with Crippen LogP contribution in [0.2, 0.25) is 0 Å². The molecule has 1 aliphatic heterocycles. The zero-order chi connectivity index (χ0) is 33.4. The molecule has 5 rings (SSSR count). The minimum atomic E-state index is -1.96. The quantitative estimate of drug-likeness (QED) is 0.106. The zero-order valence-electron chi connectivity index (χ0n) is 25.7. The predicted molar refractivity (Wildman–Crippen MR) is 155 cm³/mol. The lowest BCUT2D eigenvalue weighted by molar-refractivity contribution is -0.313. The van der Waals surface area contributed by atoms with Gasteiger partial charge in [0, 0.05) is 11.8 Å². The number of carbonyl (C=O) groups excluding carboxylic acids is 2. The number of rotatable bonds is 8. The van der Waals surface area contributed by atoms with Crippen molar-refractivity contribution in [1.29, 1.82) is 0 Å². The number of carboxylic acids is 1. The van der Waals surface area contributed by atoms with E-state index in [9.17, 15) is 45.0 Å². The van der Waals surface area contributed by atoms with Gasteiger partial charge in [-0.15, -0.1) is 0 Å². The number of hydrogen-bond donors (Lipinski definition) is 9. The number of ether oxygens (including phenoxy) is 2. The fraction of sp³-hybridized carbons (Fsp3) is 0.839. The van der Waals surface area contributed by atoms with E-state index in [1.165, 1.54) is 12.0 Å². The Hall–Kier alpha value is -1.85. The highest BCUT2D eigenvalue weighted by atomic mass is 16.7. The van der Waals surface area contributed by atoms with Crippen molar-refractivity contribution in [2.75, 3.05) is 6.61 Å². The van der Waals surface area contributed by atoms with Crippen LogP contribution in [-0.4, -0.2) is 127 Å². The van der Waals surface area contributed by atoms with Crippen molar-refractivity contribution in [3.63, 3.8) is 0 Å². The van der Waals surface area contributed by atoms with Gasteiger partial charge in [0.05, 0.1) is 18.8 Å². The Kier molecular flexibility index (Phi) is 11.3. The summed E-state index contributed by atoms with van der Waals surface area (Å²) < 4.78 is 9.88. The largest absolute Gasteiger partial charge is 0.479 e. The second kappa shape index (κ2) is 14.1. The molecule has 0 aromatic carbocycles. The van der Waals surface area contributed by atoms with E-state index in [-0.39, 0.29) is 17.8 Å². The van der Waals surface area contributed by atoms with E-state index in [0.29, 0.717) is 23.0 Å². The number of aldehydes is 1. The first kappa shape index (κ1) is 36.0. The summed E-state index contributed by atoms with van der Waals surface area (Å²) in [6.07, 6.45) is -4.20. The van der Waals surface area contributed by atoms with Crippen LogP contribution >= 0.6 is 0 Å². The number of carbonyl (C=O) groups is 3. The number of allylic oxidation sites excluding steroid dienone is 1. The number of ketones is 1. The maximum atomic E-state index is 12.4. The van der Waals surface area contributed by atoms with Gasteiger partial charge in [-0.25, -0.2) is 4.79 Å². The van der Waals surface area contributed by atoms with E-state index in [0.717, 1.165) is 50.9 Å². The van der Waals surface area contributed by atoms with Crippen LogP contribution < -0.4 is 5.73 Å². The summed E-state index contributed by atoms with van der Waals surface area (Å²) in [4.78, 5) is 34.2. The van der Waals surface area contributed by atoms with Gasteiger partial charge in [-0.1, -0.05) is 25.5 Å². The average Bonchev–Trinajstić information content (AvgIpc) is 3.32. The van der Waals surface area contributed by atoms with Crippen LogP contribution in [-0.2, 0) is 23.9 Å². The molecule has 0 amide bonds. The Morgan fingerprint density at radius 1 is 1.07 bits per heavy atom. The van der Waals surface area contributed by atoms with Crippen LogP contribution in [0.15, 0.2) is 11.6 Å². The monoisotopic (exact) mass is 643 g/mol. The van der Waals surface area contributed by atoms with Gasteiger partial charge in [0.15, 0.2) is 12.4 Å². The summed E-state index contributed by atoms with van der Waals surface area (Å²) in [6, 6.07) is -1.54. The topological polar surface area (TPSA) is 258 Å². The molecule has 3 saturated carbocycles. The van der Waals surface area contributed by atoms with Gasteiger partial charge in [0.25, 0.3) is 0 Å². The third kappa shape index (κ3) is 6.77. The summed E-state index contributed by atoms with van der Waals surface area (Å²) >= 11 is 0. The first-order chi connectivity index (χ1) is 21.1.